The van der Waals surface area contributed by atoms with E-state index in [-0.39, 0.29) is 34.8 Å². The van der Waals surface area contributed by atoms with Crippen LogP contribution in [-0.4, -0.2) is 162 Å². The van der Waals surface area contributed by atoms with E-state index in [9.17, 15) is 45.1 Å². The molecule has 0 fully saturated rings. The zero-order valence-corrected chi connectivity index (χ0v) is 95.6. The maximum Gasteiger partial charge on any atom is 0.337 e. The van der Waals surface area contributed by atoms with E-state index in [4.69, 9.17) is 58.3 Å². The second kappa shape index (κ2) is 50.6. The number of aliphatic hydroxyl groups is 2. The van der Waals surface area contributed by atoms with Crippen molar-refractivity contribution >= 4 is 258 Å². The molecule has 29 nitrogen and oxygen atoms in total. The molecule has 4 aromatic carbocycles. The van der Waals surface area contributed by atoms with Gasteiger partial charge >= 0.3 is 5.97 Å². The van der Waals surface area contributed by atoms with Gasteiger partial charge < -0.3 is 53.1 Å². The summed E-state index contributed by atoms with van der Waals surface area (Å²) in [6, 6.07) is 39.7. The van der Waals surface area contributed by atoms with E-state index in [1.54, 1.807) is 85.6 Å². The second-order valence-corrected chi connectivity index (χ2v) is 53.3. The summed E-state index contributed by atoms with van der Waals surface area (Å²) in [6.45, 7) is 12.2. The summed E-state index contributed by atoms with van der Waals surface area (Å²) in [7, 11) is -1.30. The van der Waals surface area contributed by atoms with Crippen molar-refractivity contribution in [3.05, 3.63) is 220 Å². The van der Waals surface area contributed by atoms with Crippen molar-refractivity contribution in [1.29, 1.82) is 0 Å². The summed E-state index contributed by atoms with van der Waals surface area (Å²) in [5, 5.41) is 36.3. The van der Waals surface area contributed by atoms with Crippen LogP contribution in [0.2, 0.25) is 0 Å². The van der Waals surface area contributed by atoms with Gasteiger partial charge in [-0.05, 0) is 155 Å². The number of ether oxygens (including phenoxy) is 1. The molecule has 0 aliphatic carbocycles. The number of thiazole rings is 5. The molecule has 0 saturated carbocycles. The third-order valence-electron chi connectivity index (χ3n) is 24.0. The van der Waals surface area contributed by atoms with Gasteiger partial charge in [0.25, 0.3) is 5.91 Å². The average Bonchev–Trinajstić information content (AvgIpc) is 1.61. The van der Waals surface area contributed by atoms with Gasteiger partial charge in [0, 0.05) is 140 Å². The number of hydrogen-bond donors (Lipinski definition) is 7. The second-order valence-electron chi connectivity index (χ2n) is 34.5. The zero-order chi connectivity index (χ0) is 106. The fourth-order valence-electron chi connectivity index (χ4n) is 16.1. The number of hydrogen-bond acceptors (Lipinski definition) is 37. The largest absolute Gasteiger partial charge is 0.465 e. The number of fused-ring (bicyclic) bond motifs is 5. The van der Waals surface area contributed by atoms with E-state index >= 15 is 0 Å². The van der Waals surface area contributed by atoms with Gasteiger partial charge in [0.15, 0.2) is 9.84 Å². The smallest absolute Gasteiger partial charge is 0.337 e. The molecule has 12 N–H and O–H groups in total. The lowest BCUT2D eigenvalue weighted by atomic mass is 9.99. The predicted molar refractivity (Wildman–Crippen MR) is 627 cm³/mol. The number of nitrogens with zero attached hydrogens (tertiary/aromatic N) is 13. The molecule has 4 unspecified atom stereocenters. The van der Waals surface area contributed by atoms with Crippen molar-refractivity contribution in [2.24, 2.45) is 7.05 Å². The molecule has 20 aromatic rings. The molecule has 4 atom stereocenters. The number of sulfone groups is 1. The molecule has 778 valence electrons. The van der Waals surface area contributed by atoms with Crippen LogP contribution < -0.4 is 28.7 Å². The number of unbranched alkanes of at least 4 members (excludes halogenated alkanes) is 5. The molecule has 16 aromatic heterocycles. The van der Waals surface area contributed by atoms with Crippen molar-refractivity contribution in [2.75, 3.05) is 78.6 Å². The minimum Gasteiger partial charge on any atom is -0.465 e. The molecule has 0 aliphatic heterocycles. The number of nitrogens with two attached hydrogens (primary N) is 5. The van der Waals surface area contributed by atoms with Crippen LogP contribution in [0.3, 0.4) is 0 Å². The summed E-state index contributed by atoms with van der Waals surface area (Å²) in [6.07, 6.45) is 19.4. The number of aryl methyl sites for hydroxylation is 1. The monoisotopic (exact) mass is 2290 g/mol. The Balaban J connectivity index is 0.000000134. The Hall–Kier alpha value is -11.8. The first-order valence-electron chi connectivity index (χ1n) is 47.8. The van der Waals surface area contributed by atoms with Crippen LogP contribution in [0.15, 0.2) is 213 Å². The van der Waals surface area contributed by atoms with Gasteiger partial charge in [-0.1, -0.05) is 133 Å². The first-order chi connectivity index (χ1) is 72.5. The highest BCUT2D eigenvalue weighted by atomic mass is 32.2. The molecule has 20 rings (SSSR count). The molecule has 16 heterocycles. The van der Waals surface area contributed by atoms with Gasteiger partial charge in [-0.25, -0.2) is 68.0 Å². The van der Waals surface area contributed by atoms with Crippen molar-refractivity contribution in [2.45, 2.75) is 140 Å². The van der Waals surface area contributed by atoms with Crippen LogP contribution in [-0.2, 0) is 78.0 Å². The SMILES string of the molecule is CCCCS(=O)(=O)c1sc2nc(-c3nccs3)cc(-c3ccc(CO)cc3)c2c1N.CCCCS(=O)c1sc2nc(-c3nccs3)cc(-c3cccc(C(=O)N(C)C)c3)c2c1N.CCCCS(=O)c1sc2nc(-c3nccs3)cc(-c3cccc(C(=O)OC)c3)c2c1N.CCCCS(=O)c1sc2nc(-c3nccs3)cc(-c3cccc(CO)c3)c2c1N.CCCCS(=O)c1sc2nc(-c3nccs3)cc(-c3cnc(C)n3C)c2c1N. The molecule has 0 radical (unpaired) electrons. The van der Waals surface area contributed by atoms with Gasteiger partial charge in [0.1, 0.15) is 105 Å². The molecular weight excluding hydrogens is 2180 g/mol. The standard InChI is InChI=1S/C23H24N4O2S3.C22H21N3O3S3.C21H21N3O3S3.C21H21N3O2S3.C19H21N5OS3/c1-4-5-11-32(29)23-19(24)18-16(14-7-6-8-15(12-14)22(28)27(2)3)13-17(26-21(18)31-23)20-25-9-10-30-20;1-3-4-10-31(27)22-18(23)17-15(13-6-5-7-14(11-13)21(26)28-2)12-16(25-20(17)30-22)19-24-8-9-29-19;1-2-3-10-30(26,27)21-18(22)17-15(14-6-4-13(12-25)5-7-14)11-16(24-20(17)29-21)19-23-8-9-28-19;1-2-3-9-29(26)21-18(22)17-15(14-6-4-5-13(10-14)12-25)11-16(24-20(17)28-21)19-23-7-8-27-19;1-4-5-8-28(25)19-16(20)15-12(14-10-22-11(2)24(14)3)9-13(23-18(15)27-19)17-21-6-7-26-17/h6-10,12-13H,4-5,11,24H2,1-3H3;5-9,11-12H,3-4,10,23H2,1-2H3;4-9,11,25H,2-3,10,12,22H2,1H3;4-8,10-11,25H,2-3,9,12,22H2,1H3;6-7,9-10H,4-5,8,20H2,1-3H3. The van der Waals surface area contributed by atoms with Crippen LogP contribution in [0.1, 0.15) is 136 Å². The van der Waals surface area contributed by atoms with Crippen molar-refractivity contribution in [1.82, 2.24) is 64.3 Å². The number of nitrogen functional groups attached to an aromatic ring is 5. The molecule has 0 spiro atoms. The minimum absolute atomic E-state index is 0.0349. The lowest BCUT2D eigenvalue weighted by Gasteiger charge is -2.12. The van der Waals surface area contributed by atoms with Crippen LogP contribution in [0.25, 0.3) is 160 Å². The first kappa shape index (κ1) is 111. The van der Waals surface area contributed by atoms with Crippen LogP contribution in [0, 0.1) is 6.92 Å². The fraction of sp³-hybridized carbons (Fsp3) is 0.255. The number of rotatable bonds is 34. The van der Waals surface area contributed by atoms with E-state index in [0.29, 0.717) is 107 Å². The number of benzene rings is 4. The highest BCUT2D eigenvalue weighted by Crippen LogP contribution is 2.51. The summed E-state index contributed by atoms with van der Waals surface area (Å²) < 4.78 is 87.0. The van der Waals surface area contributed by atoms with Crippen molar-refractivity contribution < 1.29 is 49.8 Å². The van der Waals surface area contributed by atoms with Gasteiger partial charge in [0.05, 0.1) is 115 Å². The number of thiophene rings is 5. The van der Waals surface area contributed by atoms with E-state index < -0.39 is 59.0 Å². The number of methoxy groups -OCH3 is 1. The number of amides is 1. The van der Waals surface area contributed by atoms with Gasteiger partial charge in [-0.15, -0.1) is 113 Å². The first-order valence-corrected chi connectivity index (χ1v) is 63.2. The third kappa shape index (κ3) is 24.7. The Kier molecular flexibility index (Phi) is 37.4. The fourth-order valence-corrected chi connectivity index (χ4v) is 33.4. The summed E-state index contributed by atoms with van der Waals surface area (Å²) in [5.41, 5.74) is 50.0. The zero-order valence-electron chi connectivity index (χ0n) is 83.4. The maximum atomic E-state index is 12.9. The highest BCUT2D eigenvalue weighted by molar-refractivity contribution is 7.93. The Bertz CT molecular complexity index is 8430. The predicted octanol–water partition coefficient (Wildman–Crippen LogP) is 25.1. The molecule has 0 bridgehead atoms. The normalized spacial score (nSPS) is 12.3. The van der Waals surface area contributed by atoms with Crippen LogP contribution in [0.5, 0.6) is 0 Å². The third-order valence-corrected chi connectivity index (χ3v) is 43.5. The van der Waals surface area contributed by atoms with Crippen molar-refractivity contribution in [3.63, 3.8) is 0 Å². The number of imidazole rings is 1. The Morgan fingerprint density at radius 1 is 0.400 bits per heavy atom. The highest BCUT2D eigenvalue weighted by Gasteiger charge is 2.31. The molecule has 1 amide bonds. The number of esters is 1. The Morgan fingerprint density at radius 2 is 0.727 bits per heavy atom. The van der Waals surface area contributed by atoms with Gasteiger partial charge in [-0.2, -0.15) is 0 Å². The number of anilines is 5. The quantitative estimate of drug-likeness (QED) is 0.0184. The van der Waals surface area contributed by atoms with Crippen LogP contribution >= 0.6 is 113 Å². The average molecular weight is 2290 g/mol. The van der Waals surface area contributed by atoms with Crippen molar-refractivity contribution in [3.8, 4) is 109 Å². The van der Waals surface area contributed by atoms with E-state index in [2.05, 4.69) is 57.6 Å². The number of carbonyl (C=O) groups is 2. The Morgan fingerprint density at radius 3 is 1.06 bits per heavy atom. The molecule has 150 heavy (non-hydrogen) atoms. The Labute approximate surface area is 917 Å². The summed E-state index contributed by atoms with van der Waals surface area (Å²) in [5.74, 6) is 2.87. The maximum absolute atomic E-state index is 12.9. The number of aromatic nitrogens is 12. The number of aliphatic hydroxyl groups excluding tert-OH is 2. The van der Waals surface area contributed by atoms with E-state index in [0.717, 1.165) is 220 Å². The summed E-state index contributed by atoms with van der Waals surface area (Å²) >= 11 is 14.2. The van der Waals surface area contributed by atoms with E-state index in [1.807, 2.05) is 162 Å². The lowest BCUT2D eigenvalue weighted by molar-refractivity contribution is 0.0600. The van der Waals surface area contributed by atoms with Gasteiger partial charge in [-0.3, -0.25) is 21.6 Å². The van der Waals surface area contributed by atoms with E-state index in [1.165, 1.54) is 97.8 Å². The molecular formula is C106H108N18O11S15. The molecule has 0 aliphatic rings. The number of pyridine rings is 5. The molecule has 0 saturated heterocycles. The molecule has 44 heteroatoms. The van der Waals surface area contributed by atoms with Crippen LogP contribution in [0.4, 0.5) is 28.4 Å². The summed E-state index contributed by atoms with van der Waals surface area (Å²) in [4.78, 5) is 80.0. The van der Waals surface area contributed by atoms with Gasteiger partial charge in [0.2, 0.25) is 0 Å². The topological polar surface area (TPSA) is 466 Å². The lowest BCUT2D eigenvalue weighted by Crippen LogP contribution is -2.21. The number of carbonyl (C=O) groups excluding carboxylic acids is 2. The minimum atomic E-state index is -3.48.